The Balaban J connectivity index is 1.45. The number of rotatable bonds is 17. The smallest absolute Gasteiger partial charge is 0.201 e. The lowest BCUT2D eigenvalue weighted by molar-refractivity contribution is 0.285. The molecule has 2 nitrogen and oxygen atoms in total. The first-order valence-electron chi connectivity index (χ1n) is 15.4. The van der Waals surface area contributed by atoms with Gasteiger partial charge >= 0.3 is 0 Å². The minimum Gasteiger partial charge on any atom is -0.494 e. The third-order valence-electron chi connectivity index (χ3n) is 7.75. The molecule has 220 valence electrons. The van der Waals surface area contributed by atoms with Gasteiger partial charge in [-0.05, 0) is 71.0 Å². The zero-order chi connectivity index (χ0) is 29.0. The lowest BCUT2D eigenvalue weighted by Gasteiger charge is -2.13. The lowest BCUT2D eigenvalue weighted by Crippen LogP contribution is -2.02. The van der Waals surface area contributed by atoms with Crippen molar-refractivity contribution in [3.05, 3.63) is 72.0 Å². The molecule has 0 aliphatic carbocycles. The van der Waals surface area contributed by atoms with Gasteiger partial charge in [-0.15, -0.1) is 0 Å². The van der Waals surface area contributed by atoms with Crippen molar-refractivity contribution in [3.63, 3.8) is 0 Å². The lowest BCUT2D eigenvalue weighted by atomic mass is 9.96. The van der Waals surface area contributed by atoms with Crippen molar-refractivity contribution in [3.8, 4) is 22.6 Å². The van der Waals surface area contributed by atoms with E-state index in [1.165, 1.54) is 63.1 Å². The average Bonchev–Trinajstić information content (AvgIpc) is 2.98. The highest BCUT2D eigenvalue weighted by Gasteiger charge is 2.17. The summed E-state index contributed by atoms with van der Waals surface area (Å²) in [6.07, 6.45) is 13.7. The fraction of sp³-hybridized carbons (Fsp3) is 0.444. The topological polar surface area (TPSA) is 18.5 Å². The monoisotopic (exact) mass is 564 g/mol. The normalized spacial score (nSPS) is 11.4. The summed E-state index contributed by atoms with van der Waals surface area (Å²) in [6.45, 7) is 5.37. The molecular formula is C36H43F3O2. The summed E-state index contributed by atoms with van der Waals surface area (Å²) >= 11 is 0. The molecule has 4 aromatic carbocycles. The minimum absolute atomic E-state index is 0.0780. The Kier molecular flexibility index (Phi) is 11.8. The van der Waals surface area contributed by atoms with E-state index in [0.717, 1.165) is 48.6 Å². The highest BCUT2D eigenvalue weighted by Crippen LogP contribution is 2.36. The van der Waals surface area contributed by atoms with Crippen LogP contribution in [0.1, 0.15) is 90.9 Å². The summed E-state index contributed by atoms with van der Waals surface area (Å²) in [5.41, 5.74) is 0.489. The molecule has 0 aliphatic rings. The Bertz CT molecular complexity index is 1420. The molecule has 4 rings (SSSR count). The third kappa shape index (κ3) is 8.18. The number of hydrogen-bond donors (Lipinski definition) is 0. The van der Waals surface area contributed by atoms with E-state index in [-0.39, 0.29) is 11.3 Å². The van der Waals surface area contributed by atoms with Crippen molar-refractivity contribution in [2.45, 2.75) is 90.9 Å². The van der Waals surface area contributed by atoms with Crippen LogP contribution in [0, 0.1) is 17.5 Å². The molecular weight excluding hydrogens is 521 g/mol. The Morgan fingerprint density at radius 2 is 1.17 bits per heavy atom. The molecule has 0 saturated carbocycles. The second kappa shape index (κ2) is 15.7. The van der Waals surface area contributed by atoms with E-state index in [9.17, 15) is 4.39 Å². The third-order valence-corrected chi connectivity index (χ3v) is 7.75. The molecule has 0 aliphatic heterocycles. The highest BCUT2D eigenvalue weighted by molar-refractivity contribution is 6.09. The standard InChI is InChI=1S/C36H43F3O2/c1-3-5-7-9-11-13-21-40-28-16-18-29-27(23-28)25-33(37)32-24-26(15-17-31(29)32)30-19-20-34(36(39)35(30)38)41-22-14-12-10-8-6-4-2/h15-20,23-25H,3-14,21-22H2,1-2H3. The van der Waals surface area contributed by atoms with E-state index < -0.39 is 17.5 Å². The number of fused-ring (bicyclic) bond motifs is 3. The van der Waals surface area contributed by atoms with Gasteiger partial charge in [-0.25, -0.2) is 8.78 Å². The maximum atomic E-state index is 15.3. The van der Waals surface area contributed by atoms with E-state index in [4.69, 9.17) is 9.47 Å². The molecule has 0 amide bonds. The molecule has 0 spiro atoms. The van der Waals surface area contributed by atoms with Crippen LogP contribution in [0.2, 0.25) is 0 Å². The fourth-order valence-corrected chi connectivity index (χ4v) is 5.36. The molecule has 0 unspecified atom stereocenters. The number of ether oxygens (including phenoxy) is 2. The molecule has 5 heteroatoms. The first kappa shape index (κ1) is 30.7. The summed E-state index contributed by atoms with van der Waals surface area (Å²) in [7, 11) is 0. The number of benzene rings is 4. The minimum atomic E-state index is -1.01. The van der Waals surface area contributed by atoms with Gasteiger partial charge in [0.15, 0.2) is 11.6 Å². The van der Waals surface area contributed by atoms with Crippen LogP contribution < -0.4 is 9.47 Å². The molecule has 0 bridgehead atoms. The van der Waals surface area contributed by atoms with Gasteiger partial charge in [0.05, 0.1) is 13.2 Å². The van der Waals surface area contributed by atoms with Crippen LogP contribution in [0.3, 0.4) is 0 Å². The summed E-state index contributed by atoms with van der Waals surface area (Å²) in [4.78, 5) is 0. The van der Waals surface area contributed by atoms with Crippen LogP contribution in [0.25, 0.3) is 32.7 Å². The van der Waals surface area contributed by atoms with E-state index >= 15 is 8.78 Å². The van der Waals surface area contributed by atoms with Crippen molar-refractivity contribution in [2.75, 3.05) is 13.2 Å². The number of unbranched alkanes of at least 4 members (excludes halogenated alkanes) is 10. The second-order valence-electron chi connectivity index (χ2n) is 11.0. The SMILES string of the molecule is CCCCCCCCOc1ccc2c(c1)cc(F)c1cc(-c3ccc(OCCCCCCCC)c(F)c3F)ccc12. The molecule has 0 saturated heterocycles. The summed E-state index contributed by atoms with van der Waals surface area (Å²) in [6, 6.07) is 15.2. The quantitative estimate of drug-likeness (QED) is 0.0938. The zero-order valence-corrected chi connectivity index (χ0v) is 24.5. The number of halogens is 3. The van der Waals surface area contributed by atoms with Gasteiger partial charge in [0, 0.05) is 10.9 Å². The van der Waals surface area contributed by atoms with Gasteiger partial charge in [0.25, 0.3) is 0 Å². The van der Waals surface area contributed by atoms with Gasteiger partial charge in [0.1, 0.15) is 11.6 Å². The van der Waals surface area contributed by atoms with E-state index in [0.29, 0.717) is 29.5 Å². The highest BCUT2D eigenvalue weighted by atomic mass is 19.2. The molecule has 0 heterocycles. The Morgan fingerprint density at radius 1 is 0.537 bits per heavy atom. The molecule has 0 fully saturated rings. The van der Waals surface area contributed by atoms with Crippen LogP contribution in [0.4, 0.5) is 13.2 Å². The van der Waals surface area contributed by atoms with E-state index in [1.54, 1.807) is 18.2 Å². The molecule has 0 aromatic heterocycles. The zero-order valence-electron chi connectivity index (χ0n) is 24.5. The van der Waals surface area contributed by atoms with Crippen LogP contribution >= 0.6 is 0 Å². The van der Waals surface area contributed by atoms with Gasteiger partial charge in [-0.1, -0.05) is 96.3 Å². The van der Waals surface area contributed by atoms with Crippen molar-refractivity contribution >= 4 is 21.5 Å². The first-order valence-corrected chi connectivity index (χ1v) is 15.4. The molecule has 0 radical (unpaired) electrons. The van der Waals surface area contributed by atoms with Crippen molar-refractivity contribution in [1.82, 2.24) is 0 Å². The summed E-state index contributed by atoms with van der Waals surface area (Å²) in [5.74, 6) is -1.79. The summed E-state index contributed by atoms with van der Waals surface area (Å²) < 4.78 is 56.7. The van der Waals surface area contributed by atoms with Crippen LogP contribution in [-0.2, 0) is 0 Å². The molecule has 0 N–H and O–H groups in total. The van der Waals surface area contributed by atoms with Crippen molar-refractivity contribution in [1.29, 1.82) is 0 Å². The van der Waals surface area contributed by atoms with Gasteiger partial charge in [0.2, 0.25) is 5.82 Å². The van der Waals surface area contributed by atoms with E-state index in [1.807, 2.05) is 18.2 Å². The van der Waals surface area contributed by atoms with Crippen LogP contribution in [0.5, 0.6) is 11.5 Å². The number of hydrogen-bond acceptors (Lipinski definition) is 2. The van der Waals surface area contributed by atoms with Crippen LogP contribution in [-0.4, -0.2) is 13.2 Å². The predicted octanol–water partition coefficient (Wildman–Crippen LogP) is 11.6. The summed E-state index contributed by atoms with van der Waals surface area (Å²) in [5, 5.41) is 2.70. The Morgan fingerprint density at radius 3 is 1.88 bits per heavy atom. The van der Waals surface area contributed by atoms with E-state index in [2.05, 4.69) is 13.8 Å². The predicted molar refractivity (Wildman–Crippen MR) is 165 cm³/mol. The second-order valence-corrected chi connectivity index (χ2v) is 11.0. The fourth-order valence-electron chi connectivity index (χ4n) is 5.36. The van der Waals surface area contributed by atoms with Gasteiger partial charge in [-0.3, -0.25) is 0 Å². The maximum absolute atomic E-state index is 15.3. The van der Waals surface area contributed by atoms with Crippen LogP contribution in [0.15, 0.2) is 54.6 Å². The van der Waals surface area contributed by atoms with Crippen molar-refractivity contribution < 1.29 is 22.6 Å². The molecule has 4 aromatic rings. The largest absolute Gasteiger partial charge is 0.494 e. The maximum Gasteiger partial charge on any atom is 0.201 e. The molecule has 41 heavy (non-hydrogen) atoms. The Hall–Kier alpha value is -3.21. The molecule has 0 atom stereocenters. The average molecular weight is 565 g/mol. The first-order chi connectivity index (χ1) is 20.0. The van der Waals surface area contributed by atoms with Crippen molar-refractivity contribution in [2.24, 2.45) is 0 Å². The Labute approximate surface area is 242 Å². The van der Waals surface area contributed by atoms with Gasteiger partial charge < -0.3 is 9.47 Å². The van der Waals surface area contributed by atoms with Gasteiger partial charge in [-0.2, -0.15) is 4.39 Å².